The highest BCUT2D eigenvalue weighted by Crippen LogP contribution is 2.14. The molecule has 0 aliphatic rings. The van der Waals surface area contributed by atoms with Crippen LogP contribution >= 0.6 is 0 Å². The van der Waals surface area contributed by atoms with Crippen molar-refractivity contribution in [1.82, 2.24) is 0 Å². The van der Waals surface area contributed by atoms with Crippen LogP contribution < -0.4 is 4.74 Å². The van der Waals surface area contributed by atoms with Gasteiger partial charge in [-0.15, -0.1) is 0 Å². The monoisotopic (exact) mass is 306 g/mol. The Hall–Kier alpha value is -1.02. The molecule has 0 saturated heterocycles. The van der Waals surface area contributed by atoms with E-state index in [-0.39, 0.29) is 0 Å². The van der Waals surface area contributed by atoms with Crippen LogP contribution in [0, 0.1) is 0 Å². The first-order valence-corrected chi connectivity index (χ1v) is 9.16. The topological polar surface area (TPSA) is 18.5 Å². The van der Waals surface area contributed by atoms with Gasteiger partial charge in [-0.05, 0) is 43.4 Å². The Morgan fingerprint density at radius 1 is 0.682 bits per heavy atom. The molecule has 0 amide bonds. The molecule has 1 aromatic rings. The molecule has 126 valence electrons. The van der Waals surface area contributed by atoms with E-state index in [2.05, 4.69) is 38.1 Å². The van der Waals surface area contributed by atoms with Crippen LogP contribution in [0.2, 0.25) is 0 Å². The molecular formula is C20H34O2. The van der Waals surface area contributed by atoms with Gasteiger partial charge in [0.25, 0.3) is 0 Å². The summed E-state index contributed by atoms with van der Waals surface area (Å²) >= 11 is 0. The third-order valence-corrected chi connectivity index (χ3v) is 3.84. The summed E-state index contributed by atoms with van der Waals surface area (Å²) in [5.74, 6) is 0.993. The molecule has 2 heteroatoms. The molecule has 2 nitrogen and oxygen atoms in total. The highest BCUT2D eigenvalue weighted by atomic mass is 16.5. The molecule has 22 heavy (non-hydrogen) atoms. The molecule has 0 unspecified atom stereocenters. The van der Waals surface area contributed by atoms with E-state index in [1.165, 1.54) is 44.1 Å². The van der Waals surface area contributed by atoms with E-state index in [9.17, 15) is 0 Å². The summed E-state index contributed by atoms with van der Waals surface area (Å²) in [5, 5.41) is 0. The van der Waals surface area contributed by atoms with E-state index in [0.29, 0.717) is 0 Å². The van der Waals surface area contributed by atoms with Crippen molar-refractivity contribution < 1.29 is 9.47 Å². The highest BCUT2D eigenvalue weighted by Gasteiger charge is 1.97. The van der Waals surface area contributed by atoms with Gasteiger partial charge in [0.2, 0.25) is 0 Å². The van der Waals surface area contributed by atoms with Crippen LogP contribution in [0.4, 0.5) is 0 Å². The summed E-state index contributed by atoms with van der Waals surface area (Å²) in [4.78, 5) is 0. The predicted octanol–water partition coefficient (Wildman–Crippen LogP) is 5.79. The molecule has 1 aromatic carbocycles. The van der Waals surface area contributed by atoms with Gasteiger partial charge in [-0.3, -0.25) is 0 Å². The smallest absolute Gasteiger partial charge is 0.119 e. The number of rotatable bonds is 14. The quantitative estimate of drug-likeness (QED) is 0.405. The van der Waals surface area contributed by atoms with E-state index < -0.39 is 0 Å². The highest BCUT2D eigenvalue weighted by molar-refractivity contribution is 5.27. The largest absolute Gasteiger partial charge is 0.494 e. The van der Waals surface area contributed by atoms with Crippen molar-refractivity contribution in [2.24, 2.45) is 0 Å². The Kier molecular flexibility index (Phi) is 11.8. The fraction of sp³-hybridized carbons (Fsp3) is 0.700. The Labute approximate surface area is 137 Å². The van der Waals surface area contributed by atoms with E-state index in [1.807, 2.05) is 0 Å². The minimum absolute atomic E-state index is 0.832. The normalized spacial score (nSPS) is 10.8. The second kappa shape index (κ2) is 13.6. The van der Waals surface area contributed by atoms with Gasteiger partial charge >= 0.3 is 0 Å². The van der Waals surface area contributed by atoms with Crippen molar-refractivity contribution in [1.29, 1.82) is 0 Å². The predicted molar refractivity (Wildman–Crippen MR) is 94.7 cm³/mol. The van der Waals surface area contributed by atoms with Gasteiger partial charge in [0.05, 0.1) is 6.61 Å². The van der Waals surface area contributed by atoms with E-state index in [1.54, 1.807) is 0 Å². The first-order valence-electron chi connectivity index (χ1n) is 9.16. The van der Waals surface area contributed by atoms with Gasteiger partial charge in [-0.1, -0.05) is 58.1 Å². The fourth-order valence-electron chi connectivity index (χ4n) is 2.41. The van der Waals surface area contributed by atoms with E-state index >= 15 is 0 Å². The summed E-state index contributed by atoms with van der Waals surface area (Å²) in [6, 6.07) is 8.53. The molecule has 0 N–H and O–H groups in total. The second-order valence-corrected chi connectivity index (χ2v) is 5.98. The lowest BCUT2D eigenvalue weighted by atomic mass is 10.1. The summed E-state index contributed by atoms with van der Waals surface area (Å²) in [7, 11) is 0. The third kappa shape index (κ3) is 9.83. The average molecular weight is 306 g/mol. The van der Waals surface area contributed by atoms with Crippen LogP contribution in [-0.4, -0.2) is 19.8 Å². The fourth-order valence-corrected chi connectivity index (χ4v) is 2.41. The molecule has 0 radical (unpaired) electrons. The van der Waals surface area contributed by atoms with Gasteiger partial charge < -0.3 is 9.47 Å². The first kappa shape index (κ1) is 19.0. The minimum Gasteiger partial charge on any atom is -0.494 e. The zero-order chi connectivity index (χ0) is 15.9. The number of ether oxygens (including phenoxy) is 2. The van der Waals surface area contributed by atoms with E-state index in [4.69, 9.17) is 9.47 Å². The number of benzene rings is 1. The van der Waals surface area contributed by atoms with Gasteiger partial charge in [0, 0.05) is 13.2 Å². The summed E-state index contributed by atoms with van der Waals surface area (Å²) < 4.78 is 11.4. The maximum Gasteiger partial charge on any atom is 0.119 e. The SMILES string of the molecule is CCCCCCOCCCc1ccc(OCCCCC)cc1. The molecule has 0 atom stereocenters. The van der Waals surface area contributed by atoms with Crippen LogP contribution in [0.15, 0.2) is 24.3 Å². The van der Waals surface area contributed by atoms with Gasteiger partial charge in [-0.2, -0.15) is 0 Å². The lowest BCUT2D eigenvalue weighted by Gasteiger charge is -2.07. The van der Waals surface area contributed by atoms with Crippen molar-refractivity contribution >= 4 is 0 Å². The van der Waals surface area contributed by atoms with Crippen LogP contribution in [0.3, 0.4) is 0 Å². The van der Waals surface area contributed by atoms with Crippen LogP contribution in [-0.2, 0) is 11.2 Å². The van der Waals surface area contributed by atoms with Crippen molar-refractivity contribution in [3.8, 4) is 5.75 Å². The lowest BCUT2D eigenvalue weighted by Crippen LogP contribution is -1.99. The minimum atomic E-state index is 0.832. The zero-order valence-electron chi connectivity index (χ0n) is 14.6. The van der Waals surface area contributed by atoms with Gasteiger partial charge in [-0.25, -0.2) is 0 Å². The first-order chi connectivity index (χ1) is 10.9. The van der Waals surface area contributed by atoms with Gasteiger partial charge in [0.15, 0.2) is 0 Å². The maximum absolute atomic E-state index is 5.73. The molecule has 0 spiro atoms. The molecule has 0 fully saturated rings. The summed E-state index contributed by atoms with van der Waals surface area (Å²) in [5.41, 5.74) is 1.37. The molecule has 0 heterocycles. The summed E-state index contributed by atoms with van der Waals surface area (Å²) in [6.07, 6.45) is 10.9. The molecule has 0 bridgehead atoms. The maximum atomic E-state index is 5.73. The molecule has 0 aromatic heterocycles. The standard InChI is InChI=1S/C20H34O2/c1-3-5-7-9-16-21-17-10-11-19-12-14-20(15-13-19)22-18-8-6-4-2/h12-15H,3-11,16-18H2,1-2H3. The molecule has 0 aliphatic carbocycles. The number of aryl methyl sites for hydroxylation is 1. The van der Waals surface area contributed by atoms with Crippen LogP contribution in [0.25, 0.3) is 0 Å². The van der Waals surface area contributed by atoms with Crippen molar-refractivity contribution in [2.75, 3.05) is 19.8 Å². The zero-order valence-corrected chi connectivity index (χ0v) is 14.6. The Morgan fingerprint density at radius 3 is 2.05 bits per heavy atom. The van der Waals surface area contributed by atoms with Gasteiger partial charge in [0.1, 0.15) is 5.75 Å². The van der Waals surface area contributed by atoms with Crippen LogP contribution in [0.1, 0.15) is 70.8 Å². The van der Waals surface area contributed by atoms with Crippen molar-refractivity contribution in [3.05, 3.63) is 29.8 Å². The molecule has 0 saturated carbocycles. The summed E-state index contributed by atoms with van der Waals surface area (Å²) in [6.45, 7) is 7.08. The van der Waals surface area contributed by atoms with Crippen molar-refractivity contribution in [3.63, 3.8) is 0 Å². The second-order valence-electron chi connectivity index (χ2n) is 5.98. The molecular weight excluding hydrogens is 272 g/mol. The Balaban J connectivity index is 2.04. The number of unbranched alkanes of at least 4 members (excludes halogenated alkanes) is 5. The molecule has 1 rings (SSSR count). The number of hydrogen-bond donors (Lipinski definition) is 0. The Bertz CT molecular complexity index is 345. The third-order valence-electron chi connectivity index (χ3n) is 3.84. The average Bonchev–Trinajstić information content (AvgIpc) is 2.55. The number of hydrogen-bond acceptors (Lipinski definition) is 2. The van der Waals surface area contributed by atoms with Crippen LogP contribution in [0.5, 0.6) is 5.75 Å². The van der Waals surface area contributed by atoms with E-state index in [0.717, 1.165) is 44.8 Å². The Morgan fingerprint density at radius 2 is 1.32 bits per heavy atom. The lowest BCUT2D eigenvalue weighted by molar-refractivity contribution is 0.128. The molecule has 0 aliphatic heterocycles. The van der Waals surface area contributed by atoms with Crippen molar-refractivity contribution in [2.45, 2.75) is 71.6 Å².